The number of hydrogen-bond donors (Lipinski definition) is 1. The van der Waals surface area contributed by atoms with Crippen molar-refractivity contribution in [3.8, 4) is 0 Å². The van der Waals surface area contributed by atoms with Crippen molar-refractivity contribution in [1.82, 2.24) is 9.80 Å². The highest BCUT2D eigenvalue weighted by molar-refractivity contribution is 5.95. The molecule has 1 aromatic carbocycles. The molecule has 1 aliphatic rings. The monoisotopic (exact) mass is 275 g/mol. The molecule has 1 fully saturated rings. The van der Waals surface area contributed by atoms with E-state index in [1.54, 1.807) is 6.07 Å². The minimum Gasteiger partial charge on any atom is -0.398 e. The van der Waals surface area contributed by atoms with Gasteiger partial charge in [-0.05, 0) is 44.0 Å². The van der Waals surface area contributed by atoms with Crippen LogP contribution in [0.1, 0.15) is 35.7 Å². The topological polar surface area (TPSA) is 49.6 Å². The number of aryl methyl sites for hydroxylation is 1. The van der Waals surface area contributed by atoms with E-state index in [4.69, 9.17) is 5.73 Å². The molecule has 0 spiro atoms. The van der Waals surface area contributed by atoms with Crippen LogP contribution < -0.4 is 5.73 Å². The molecule has 1 heterocycles. The Balaban J connectivity index is 2.03. The van der Waals surface area contributed by atoms with E-state index in [-0.39, 0.29) is 5.91 Å². The molecule has 2 rings (SSSR count). The molecule has 0 aliphatic carbocycles. The molecule has 4 heteroatoms. The number of hydrogen-bond acceptors (Lipinski definition) is 3. The number of rotatable bonds is 3. The van der Waals surface area contributed by atoms with Crippen molar-refractivity contribution >= 4 is 11.6 Å². The van der Waals surface area contributed by atoms with Crippen LogP contribution in [0.25, 0.3) is 0 Å². The Kier molecular flexibility index (Phi) is 4.65. The zero-order chi connectivity index (χ0) is 14.7. The molecule has 1 aliphatic heterocycles. The van der Waals surface area contributed by atoms with Crippen LogP contribution in [0.4, 0.5) is 5.69 Å². The van der Waals surface area contributed by atoms with Crippen LogP contribution >= 0.6 is 0 Å². The lowest BCUT2D eigenvalue weighted by atomic mass is 10.0. The van der Waals surface area contributed by atoms with E-state index in [9.17, 15) is 4.79 Å². The third-order valence-corrected chi connectivity index (χ3v) is 4.40. The summed E-state index contributed by atoms with van der Waals surface area (Å²) in [7, 11) is 1.91. The molecule has 4 nitrogen and oxygen atoms in total. The number of nitrogens with zero attached hydrogens (tertiary/aromatic N) is 2. The van der Waals surface area contributed by atoms with Crippen molar-refractivity contribution in [3.05, 3.63) is 29.3 Å². The highest BCUT2D eigenvalue weighted by Gasteiger charge is 2.25. The minimum atomic E-state index is 0.0756. The maximum absolute atomic E-state index is 12.5. The van der Waals surface area contributed by atoms with Crippen molar-refractivity contribution in [3.63, 3.8) is 0 Å². The predicted molar refractivity (Wildman–Crippen MR) is 82.8 cm³/mol. The van der Waals surface area contributed by atoms with Crippen molar-refractivity contribution < 1.29 is 4.79 Å². The second-order valence-corrected chi connectivity index (χ2v) is 5.65. The fourth-order valence-corrected chi connectivity index (χ4v) is 2.77. The number of benzene rings is 1. The summed E-state index contributed by atoms with van der Waals surface area (Å²) in [5, 5.41) is 0. The Hall–Kier alpha value is -1.55. The average Bonchev–Trinajstić information content (AvgIpc) is 2.48. The molecule has 2 N–H and O–H groups in total. The van der Waals surface area contributed by atoms with Gasteiger partial charge in [0.05, 0.1) is 0 Å². The molecule has 0 unspecified atom stereocenters. The summed E-state index contributed by atoms with van der Waals surface area (Å²) in [6, 6.07) is 5.91. The van der Waals surface area contributed by atoms with Gasteiger partial charge in [-0.1, -0.05) is 13.0 Å². The number of nitrogens with two attached hydrogens (primary N) is 1. The second-order valence-electron chi connectivity index (χ2n) is 5.65. The molecule has 0 saturated carbocycles. The SMILES string of the molecule is CCN1CCC(N(C)C(=O)c2ccc(C)c(N)c2)CC1. The van der Waals surface area contributed by atoms with E-state index in [0.717, 1.165) is 38.0 Å². The van der Waals surface area contributed by atoms with Crippen LogP contribution in [0.15, 0.2) is 18.2 Å². The van der Waals surface area contributed by atoms with Crippen molar-refractivity contribution in [2.75, 3.05) is 32.4 Å². The van der Waals surface area contributed by atoms with Gasteiger partial charge in [0.25, 0.3) is 5.91 Å². The molecule has 20 heavy (non-hydrogen) atoms. The van der Waals surface area contributed by atoms with Gasteiger partial charge in [-0.25, -0.2) is 0 Å². The summed E-state index contributed by atoms with van der Waals surface area (Å²) in [6.07, 6.45) is 2.11. The summed E-state index contributed by atoms with van der Waals surface area (Å²) in [4.78, 5) is 16.8. The Morgan fingerprint density at radius 3 is 2.60 bits per heavy atom. The third kappa shape index (κ3) is 3.12. The van der Waals surface area contributed by atoms with Crippen LogP contribution in [0.3, 0.4) is 0 Å². The van der Waals surface area contributed by atoms with Crippen LogP contribution in [-0.2, 0) is 0 Å². The highest BCUT2D eigenvalue weighted by Crippen LogP contribution is 2.19. The maximum Gasteiger partial charge on any atom is 0.253 e. The van der Waals surface area contributed by atoms with Crippen molar-refractivity contribution in [2.24, 2.45) is 0 Å². The lowest BCUT2D eigenvalue weighted by Gasteiger charge is -2.36. The third-order valence-electron chi connectivity index (χ3n) is 4.40. The first-order valence-electron chi connectivity index (χ1n) is 7.38. The molecule has 0 radical (unpaired) electrons. The summed E-state index contributed by atoms with van der Waals surface area (Å²) < 4.78 is 0. The molecule has 0 bridgehead atoms. The van der Waals surface area contributed by atoms with Crippen LogP contribution in [0.2, 0.25) is 0 Å². The van der Waals surface area contributed by atoms with E-state index < -0.39 is 0 Å². The fourth-order valence-electron chi connectivity index (χ4n) is 2.77. The summed E-state index contributed by atoms with van der Waals surface area (Å²) in [5.41, 5.74) is 8.28. The summed E-state index contributed by atoms with van der Waals surface area (Å²) in [6.45, 7) is 7.39. The van der Waals surface area contributed by atoms with E-state index >= 15 is 0 Å². The Morgan fingerprint density at radius 2 is 2.05 bits per heavy atom. The smallest absolute Gasteiger partial charge is 0.253 e. The predicted octanol–water partition coefficient (Wildman–Crippen LogP) is 2.13. The fraction of sp³-hybridized carbons (Fsp3) is 0.562. The maximum atomic E-state index is 12.5. The lowest BCUT2D eigenvalue weighted by Crippen LogP contribution is -2.45. The van der Waals surface area contributed by atoms with E-state index in [0.29, 0.717) is 17.3 Å². The average molecular weight is 275 g/mol. The van der Waals surface area contributed by atoms with Gasteiger partial charge in [0.1, 0.15) is 0 Å². The Morgan fingerprint density at radius 1 is 1.40 bits per heavy atom. The second kappa shape index (κ2) is 6.27. The van der Waals surface area contributed by atoms with E-state index in [1.165, 1.54) is 0 Å². The molecule has 1 aromatic rings. The Bertz CT molecular complexity index is 479. The number of piperidine rings is 1. The zero-order valence-electron chi connectivity index (χ0n) is 12.7. The lowest BCUT2D eigenvalue weighted by molar-refractivity contribution is 0.0647. The van der Waals surface area contributed by atoms with Gasteiger partial charge < -0.3 is 15.5 Å². The molecule has 0 atom stereocenters. The van der Waals surface area contributed by atoms with Crippen LogP contribution in [0, 0.1) is 6.92 Å². The number of likely N-dealkylation sites (tertiary alicyclic amines) is 1. The van der Waals surface area contributed by atoms with Crippen molar-refractivity contribution in [1.29, 1.82) is 0 Å². The number of anilines is 1. The number of amides is 1. The first-order valence-corrected chi connectivity index (χ1v) is 7.38. The number of carbonyl (C=O) groups is 1. The van der Waals surface area contributed by atoms with Gasteiger partial charge >= 0.3 is 0 Å². The minimum absolute atomic E-state index is 0.0756. The van der Waals surface area contributed by atoms with Gasteiger partial charge in [0.2, 0.25) is 0 Å². The van der Waals surface area contributed by atoms with E-state index in [2.05, 4.69) is 11.8 Å². The molecule has 1 saturated heterocycles. The van der Waals surface area contributed by atoms with Crippen molar-refractivity contribution in [2.45, 2.75) is 32.7 Å². The van der Waals surface area contributed by atoms with Crippen LogP contribution in [-0.4, -0.2) is 48.4 Å². The molecule has 0 aromatic heterocycles. The number of nitrogen functional groups attached to an aromatic ring is 1. The summed E-state index contributed by atoms with van der Waals surface area (Å²) >= 11 is 0. The van der Waals surface area contributed by atoms with Crippen LogP contribution in [0.5, 0.6) is 0 Å². The Labute approximate surface area is 121 Å². The van der Waals surface area contributed by atoms with E-state index in [1.807, 2.05) is 31.0 Å². The highest BCUT2D eigenvalue weighted by atomic mass is 16.2. The number of carbonyl (C=O) groups excluding carboxylic acids is 1. The standard InChI is InChI=1S/C16H25N3O/c1-4-19-9-7-14(8-10-19)18(3)16(20)13-6-5-12(2)15(17)11-13/h5-6,11,14H,4,7-10,17H2,1-3H3. The largest absolute Gasteiger partial charge is 0.398 e. The molecular formula is C16H25N3O. The molecule has 110 valence electrons. The first-order chi connectivity index (χ1) is 9.52. The first kappa shape index (κ1) is 14.9. The van der Waals surface area contributed by atoms with Gasteiger partial charge in [0.15, 0.2) is 0 Å². The van der Waals surface area contributed by atoms with Gasteiger partial charge in [-0.15, -0.1) is 0 Å². The van der Waals surface area contributed by atoms with Gasteiger partial charge in [-0.3, -0.25) is 4.79 Å². The normalized spacial score (nSPS) is 17.1. The van der Waals surface area contributed by atoms with Gasteiger partial charge in [-0.2, -0.15) is 0 Å². The zero-order valence-corrected chi connectivity index (χ0v) is 12.7. The molecule has 1 amide bonds. The quantitative estimate of drug-likeness (QED) is 0.860. The summed E-state index contributed by atoms with van der Waals surface area (Å²) in [5.74, 6) is 0.0756. The van der Waals surface area contributed by atoms with Gasteiger partial charge in [0, 0.05) is 37.4 Å². The molecular weight excluding hydrogens is 250 g/mol.